The van der Waals surface area contributed by atoms with Crippen molar-refractivity contribution in [2.75, 3.05) is 17.4 Å². The third kappa shape index (κ3) is 4.24. The van der Waals surface area contributed by atoms with Gasteiger partial charge in [-0.2, -0.15) is 0 Å². The Kier molecular flexibility index (Phi) is 5.86. The third-order valence-corrected chi connectivity index (χ3v) is 7.13. The second-order valence-electron chi connectivity index (χ2n) is 7.33. The minimum Gasteiger partial charge on any atom is -0.352 e. The lowest BCUT2D eigenvalue weighted by Crippen LogP contribution is -2.29. The summed E-state index contributed by atoms with van der Waals surface area (Å²) in [5.74, 6) is -0.185. The van der Waals surface area contributed by atoms with Gasteiger partial charge >= 0.3 is 0 Å². The van der Waals surface area contributed by atoms with Crippen LogP contribution < -0.4 is 9.62 Å². The summed E-state index contributed by atoms with van der Waals surface area (Å²) in [6.07, 6.45) is 2.38. The van der Waals surface area contributed by atoms with Crippen LogP contribution in [-0.4, -0.2) is 27.4 Å². The average molecular weight is 421 g/mol. The number of nitrogens with one attached hydrogen (secondary N) is 1. The zero-order valence-corrected chi connectivity index (χ0v) is 17.4. The number of hydrogen-bond acceptors (Lipinski definition) is 3. The Morgan fingerprint density at radius 3 is 2.37 bits per heavy atom. The van der Waals surface area contributed by atoms with E-state index >= 15 is 0 Å². The first-order chi connectivity index (χ1) is 14.6. The summed E-state index contributed by atoms with van der Waals surface area (Å²) < 4.78 is 27.5. The predicted octanol–water partition coefficient (Wildman–Crippen LogP) is 3.80. The van der Waals surface area contributed by atoms with Crippen LogP contribution in [0.5, 0.6) is 0 Å². The lowest BCUT2D eigenvalue weighted by atomic mass is 10.1. The van der Waals surface area contributed by atoms with Gasteiger partial charge in [0.2, 0.25) is 0 Å². The predicted molar refractivity (Wildman–Crippen MR) is 118 cm³/mol. The number of anilines is 1. The molecule has 0 aliphatic carbocycles. The van der Waals surface area contributed by atoms with Gasteiger partial charge in [0.1, 0.15) is 0 Å². The Balaban J connectivity index is 1.44. The molecule has 0 spiro atoms. The quantitative estimate of drug-likeness (QED) is 0.591. The molecule has 5 nitrogen and oxygen atoms in total. The van der Waals surface area contributed by atoms with Crippen LogP contribution in [0, 0.1) is 0 Å². The van der Waals surface area contributed by atoms with Gasteiger partial charge in [0.15, 0.2) is 0 Å². The summed E-state index contributed by atoms with van der Waals surface area (Å²) in [6, 6.07) is 23.9. The first-order valence-corrected chi connectivity index (χ1v) is 11.5. The molecule has 30 heavy (non-hydrogen) atoms. The highest BCUT2D eigenvalue weighted by molar-refractivity contribution is 7.92. The number of nitrogens with zero attached hydrogens (tertiary/aromatic N) is 1. The topological polar surface area (TPSA) is 66.5 Å². The molecule has 0 fully saturated rings. The van der Waals surface area contributed by atoms with Crippen LogP contribution >= 0.6 is 0 Å². The molecular weight excluding hydrogens is 396 g/mol. The molecule has 0 bridgehead atoms. The van der Waals surface area contributed by atoms with E-state index in [2.05, 4.69) is 17.4 Å². The van der Waals surface area contributed by atoms with Gasteiger partial charge in [0.25, 0.3) is 15.9 Å². The number of aryl methyl sites for hydroxylation is 1. The maximum absolute atomic E-state index is 13.0. The van der Waals surface area contributed by atoms with Crippen LogP contribution in [0.2, 0.25) is 0 Å². The SMILES string of the molecule is O=C(NCCCc1ccccc1)c1ccc2c(c1)N(S(=O)(=O)c1ccccc1)CC2. The molecule has 0 unspecified atom stereocenters. The van der Waals surface area contributed by atoms with Crippen LogP contribution in [0.15, 0.2) is 83.8 Å². The van der Waals surface area contributed by atoms with E-state index in [1.54, 1.807) is 42.5 Å². The van der Waals surface area contributed by atoms with Crippen LogP contribution in [0.4, 0.5) is 5.69 Å². The van der Waals surface area contributed by atoms with Gasteiger partial charge in [-0.1, -0.05) is 54.6 Å². The van der Waals surface area contributed by atoms with Crippen molar-refractivity contribution >= 4 is 21.6 Å². The summed E-state index contributed by atoms with van der Waals surface area (Å²) in [6.45, 7) is 0.950. The highest BCUT2D eigenvalue weighted by Crippen LogP contribution is 2.33. The number of sulfonamides is 1. The molecule has 1 heterocycles. The molecule has 0 saturated heterocycles. The minimum atomic E-state index is -3.64. The number of benzene rings is 3. The van der Waals surface area contributed by atoms with Gasteiger partial charge < -0.3 is 5.32 Å². The van der Waals surface area contributed by atoms with Crippen molar-refractivity contribution < 1.29 is 13.2 Å². The molecule has 3 aromatic rings. The van der Waals surface area contributed by atoms with E-state index in [1.165, 1.54) is 9.87 Å². The number of amides is 1. The Morgan fingerprint density at radius 2 is 1.63 bits per heavy atom. The molecule has 1 amide bonds. The fraction of sp³-hybridized carbons (Fsp3) is 0.208. The van der Waals surface area contributed by atoms with Crippen molar-refractivity contribution in [3.05, 3.63) is 95.6 Å². The zero-order valence-electron chi connectivity index (χ0n) is 16.6. The highest BCUT2D eigenvalue weighted by atomic mass is 32.2. The number of carbonyl (C=O) groups is 1. The zero-order chi connectivity index (χ0) is 21.0. The van der Waals surface area contributed by atoms with E-state index in [9.17, 15) is 13.2 Å². The normalized spacial score (nSPS) is 13.1. The Labute approximate surface area is 177 Å². The lowest BCUT2D eigenvalue weighted by Gasteiger charge is -2.20. The molecule has 154 valence electrons. The largest absolute Gasteiger partial charge is 0.352 e. The summed E-state index contributed by atoms with van der Waals surface area (Å²) in [4.78, 5) is 12.9. The van der Waals surface area contributed by atoms with Gasteiger partial charge in [-0.3, -0.25) is 9.10 Å². The van der Waals surface area contributed by atoms with Gasteiger partial charge in [-0.15, -0.1) is 0 Å². The standard InChI is InChI=1S/C24H24N2O3S/c27-24(25-16-7-10-19-8-3-1-4-9-19)21-14-13-20-15-17-26(23(20)18-21)30(28,29)22-11-5-2-6-12-22/h1-6,8-9,11-14,18H,7,10,15-17H2,(H,25,27). The molecule has 1 aliphatic rings. The molecule has 6 heteroatoms. The molecular formula is C24H24N2O3S. The Hall–Kier alpha value is -3.12. The fourth-order valence-corrected chi connectivity index (χ4v) is 5.22. The highest BCUT2D eigenvalue weighted by Gasteiger charge is 2.31. The van der Waals surface area contributed by atoms with Crippen LogP contribution in [0.3, 0.4) is 0 Å². The maximum atomic E-state index is 13.0. The van der Waals surface area contributed by atoms with E-state index < -0.39 is 10.0 Å². The van der Waals surface area contributed by atoms with E-state index in [1.807, 2.05) is 24.3 Å². The van der Waals surface area contributed by atoms with Crippen molar-refractivity contribution in [1.29, 1.82) is 0 Å². The Morgan fingerprint density at radius 1 is 0.933 bits per heavy atom. The van der Waals surface area contributed by atoms with E-state index in [4.69, 9.17) is 0 Å². The molecule has 3 aromatic carbocycles. The lowest BCUT2D eigenvalue weighted by molar-refractivity contribution is 0.0953. The smallest absolute Gasteiger partial charge is 0.264 e. The number of fused-ring (bicyclic) bond motifs is 1. The summed E-state index contributed by atoms with van der Waals surface area (Å²) in [5.41, 5.74) is 3.25. The maximum Gasteiger partial charge on any atom is 0.264 e. The third-order valence-electron chi connectivity index (χ3n) is 5.30. The van der Waals surface area contributed by atoms with Gasteiger partial charge in [0.05, 0.1) is 10.6 Å². The molecule has 0 atom stereocenters. The van der Waals surface area contributed by atoms with Gasteiger partial charge in [-0.25, -0.2) is 8.42 Å². The van der Waals surface area contributed by atoms with Crippen molar-refractivity contribution in [3.63, 3.8) is 0 Å². The molecule has 4 rings (SSSR count). The fourth-order valence-electron chi connectivity index (χ4n) is 3.70. The van der Waals surface area contributed by atoms with Crippen LogP contribution in [-0.2, 0) is 22.9 Å². The number of rotatable bonds is 7. The van der Waals surface area contributed by atoms with Crippen LogP contribution in [0.25, 0.3) is 0 Å². The number of carbonyl (C=O) groups excluding carboxylic acids is 1. The summed E-state index contributed by atoms with van der Waals surface area (Å²) in [5, 5.41) is 2.94. The molecule has 0 aromatic heterocycles. The second kappa shape index (κ2) is 8.71. The monoisotopic (exact) mass is 420 g/mol. The van der Waals surface area contributed by atoms with E-state index in [0.29, 0.717) is 30.8 Å². The van der Waals surface area contributed by atoms with Crippen molar-refractivity contribution in [2.24, 2.45) is 0 Å². The molecule has 0 radical (unpaired) electrons. The molecule has 1 aliphatic heterocycles. The Bertz CT molecular complexity index is 1130. The summed E-state index contributed by atoms with van der Waals surface area (Å²) in [7, 11) is -3.64. The van der Waals surface area contributed by atoms with Crippen molar-refractivity contribution in [1.82, 2.24) is 5.32 Å². The van der Waals surface area contributed by atoms with Crippen molar-refractivity contribution in [3.8, 4) is 0 Å². The second-order valence-corrected chi connectivity index (χ2v) is 9.19. The first kappa shape index (κ1) is 20.2. The number of hydrogen-bond donors (Lipinski definition) is 1. The van der Waals surface area contributed by atoms with E-state index in [-0.39, 0.29) is 10.8 Å². The van der Waals surface area contributed by atoms with Gasteiger partial charge in [-0.05, 0) is 54.7 Å². The molecule has 1 N–H and O–H groups in total. The first-order valence-electron chi connectivity index (χ1n) is 10.1. The minimum absolute atomic E-state index is 0.185. The molecule has 0 saturated carbocycles. The van der Waals surface area contributed by atoms with E-state index in [0.717, 1.165) is 18.4 Å². The van der Waals surface area contributed by atoms with Crippen molar-refractivity contribution in [2.45, 2.75) is 24.2 Å². The van der Waals surface area contributed by atoms with Gasteiger partial charge in [0, 0.05) is 18.7 Å². The van der Waals surface area contributed by atoms with Crippen LogP contribution in [0.1, 0.15) is 27.9 Å². The average Bonchev–Trinajstić information content (AvgIpc) is 3.22. The summed E-state index contributed by atoms with van der Waals surface area (Å²) >= 11 is 0.